The first-order valence-electron chi connectivity index (χ1n) is 5.55. The molecule has 0 aliphatic rings. The number of methoxy groups -OCH3 is 1. The van der Waals surface area contributed by atoms with Crippen LogP contribution in [0, 0.1) is 11.3 Å². The van der Waals surface area contributed by atoms with E-state index in [9.17, 15) is 0 Å². The molecule has 0 fully saturated rings. The van der Waals surface area contributed by atoms with E-state index in [0.717, 1.165) is 35.8 Å². The molecule has 0 spiro atoms. The molecule has 0 unspecified atom stereocenters. The summed E-state index contributed by atoms with van der Waals surface area (Å²) in [7, 11) is 3.65. The Labute approximate surface area is 108 Å². The van der Waals surface area contributed by atoms with Crippen LogP contribution in [0.2, 0.25) is 5.02 Å². The second-order valence-corrected chi connectivity index (χ2v) is 4.36. The molecule has 0 saturated carbocycles. The van der Waals surface area contributed by atoms with Crippen LogP contribution in [0.5, 0.6) is 5.75 Å². The standard InChI is InChI=1S/C13H17ClN2O/c1-16(8-4-3-7-15)10-11-5-6-12(17-2)9-13(11)14/h5-6,9H,3-4,8,10H2,1-2H3. The lowest BCUT2D eigenvalue weighted by Crippen LogP contribution is -2.19. The summed E-state index contributed by atoms with van der Waals surface area (Å²) < 4.78 is 5.10. The Kier molecular flexibility index (Phi) is 5.82. The quantitative estimate of drug-likeness (QED) is 0.730. The van der Waals surface area contributed by atoms with Crippen LogP contribution in [0.1, 0.15) is 18.4 Å². The molecule has 0 saturated heterocycles. The maximum Gasteiger partial charge on any atom is 0.120 e. The number of nitriles is 1. The molecule has 0 atom stereocenters. The van der Waals surface area contributed by atoms with Gasteiger partial charge in [0.1, 0.15) is 5.75 Å². The summed E-state index contributed by atoms with van der Waals surface area (Å²) >= 11 is 6.15. The average Bonchev–Trinajstić information content (AvgIpc) is 2.32. The minimum Gasteiger partial charge on any atom is -0.497 e. The van der Waals surface area contributed by atoms with E-state index in [1.807, 2.05) is 25.2 Å². The van der Waals surface area contributed by atoms with E-state index in [-0.39, 0.29) is 0 Å². The number of halogens is 1. The molecule has 0 radical (unpaired) electrons. The summed E-state index contributed by atoms with van der Waals surface area (Å²) in [6.45, 7) is 1.68. The van der Waals surface area contributed by atoms with Crippen LogP contribution in [0.4, 0.5) is 0 Å². The predicted molar refractivity (Wildman–Crippen MR) is 69.2 cm³/mol. The molecule has 92 valence electrons. The largest absolute Gasteiger partial charge is 0.497 e. The van der Waals surface area contributed by atoms with Gasteiger partial charge >= 0.3 is 0 Å². The van der Waals surface area contributed by atoms with Crippen molar-refractivity contribution in [2.75, 3.05) is 20.7 Å². The van der Waals surface area contributed by atoms with Gasteiger partial charge in [0, 0.05) is 18.0 Å². The van der Waals surface area contributed by atoms with Crippen LogP contribution in [-0.4, -0.2) is 25.6 Å². The first kappa shape index (κ1) is 13.8. The topological polar surface area (TPSA) is 36.3 Å². The molecule has 3 nitrogen and oxygen atoms in total. The lowest BCUT2D eigenvalue weighted by Gasteiger charge is -2.17. The Bertz CT molecular complexity index is 401. The Balaban J connectivity index is 2.53. The van der Waals surface area contributed by atoms with Gasteiger partial charge in [0.25, 0.3) is 0 Å². The third-order valence-electron chi connectivity index (χ3n) is 2.53. The number of unbranched alkanes of at least 4 members (excludes halogenated alkanes) is 1. The van der Waals surface area contributed by atoms with Gasteiger partial charge in [-0.2, -0.15) is 5.26 Å². The molecule has 0 N–H and O–H groups in total. The van der Waals surface area contributed by atoms with Crippen LogP contribution in [-0.2, 0) is 6.54 Å². The van der Waals surface area contributed by atoms with Crippen LogP contribution >= 0.6 is 11.6 Å². The van der Waals surface area contributed by atoms with Gasteiger partial charge in [-0.25, -0.2) is 0 Å². The van der Waals surface area contributed by atoms with Gasteiger partial charge in [-0.1, -0.05) is 17.7 Å². The van der Waals surface area contributed by atoms with Gasteiger partial charge in [0.15, 0.2) is 0 Å². The molecular formula is C13H17ClN2O. The van der Waals surface area contributed by atoms with E-state index < -0.39 is 0 Å². The van der Waals surface area contributed by atoms with Crippen LogP contribution in [0.15, 0.2) is 18.2 Å². The maximum absolute atomic E-state index is 8.47. The van der Waals surface area contributed by atoms with E-state index in [1.165, 1.54) is 0 Å². The predicted octanol–water partition coefficient (Wildman–Crippen LogP) is 3.08. The van der Waals surface area contributed by atoms with E-state index in [4.69, 9.17) is 21.6 Å². The summed E-state index contributed by atoms with van der Waals surface area (Å²) in [6.07, 6.45) is 1.49. The SMILES string of the molecule is COc1ccc(CN(C)CCCC#N)c(Cl)c1. The van der Waals surface area contributed by atoms with Crippen molar-refractivity contribution in [1.82, 2.24) is 4.90 Å². The molecular weight excluding hydrogens is 236 g/mol. The number of rotatable bonds is 6. The number of benzene rings is 1. The molecule has 1 rings (SSSR count). The smallest absolute Gasteiger partial charge is 0.120 e. The first-order chi connectivity index (χ1) is 8.17. The number of hydrogen-bond acceptors (Lipinski definition) is 3. The fourth-order valence-electron chi connectivity index (χ4n) is 1.58. The van der Waals surface area contributed by atoms with Crippen molar-refractivity contribution in [2.45, 2.75) is 19.4 Å². The molecule has 0 aliphatic heterocycles. The summed E-state index contributed by atoms with van der Waals surface area (Å²) in [5.74, 6) is 0.769. The van der Waals surface area contributed by atoms with Crippen molar-refractivity contribution in [2.24, 2.45) is 0 Å². The third-order valence-corrected chi connectivity index (χ3v) is 2.88. The van der Waals surface area contributed by atoms with Crippen molar-refractivity contribution in [3.05, 3.63) is 28.8 Å². The molecule has 0 bridgehead atoms. The zero-order chi connectivity index (χ0) is 12.7. The highest BCUT2D eigenvalue weighted by Gasteiger charge is 2.05. The van der Waals surface area contributed by atoms with E-state index >= 15 is 0 Å². The maximum atomic E-state index is 8.47. The van der Waals surface area contributed by atoms with Gasteiger partial charge in [0.2, 0.25) is 0 Å². The Morgan fingerprint density at radius 2 is 2.24 bits per heavy atom. The van der Waals surface area contributed by atoms with Gasteiger partial charge in [-0.3, -0.25) is 0 Å². The molecule has 17 heavy (non-hydrogen) atoms. The van der Waals surface area contributed by atoms with E-state index in [2.05, 4.69) is 11.0 Å². The molecule has 0 aliphatic carbocycles. The van der Waals surface area contributed by atoms with E-state index in [1.54, 1.807) is 7.11 Å². The Morgan fingerprint density at radius 3 is 2.82 bits per heavy atom. The lowest BCUT2D eigenvalue weighted by molar-refractivity contribution is 0.323. The van der Waals surface area contributed by atoms with Gasteiger partial charge in [0.05, 0.1) is 13.2 Å². The third kappa shape index (κ3) is 4.64. The minimum absolute atomic E-state index is 0.598. The fourth-order valence-corrected chi connectivity index (χ4v) is 1.81. The molecule has 0 aromatic heterocycles. The van der Waals surface area contributed by atoms with Crippen molar-refractivity contribution >= 4 is 11.6 Å². The highest BCUT2D eigenvalue weighted by molar-refractivity contribution is 6.31. The monoisotopic (exact) mass is 252 g/mol. The second kappa shape index (κ2) is 7.16. The zero-order valence-corrected chi connectivity index (χ0v) is 11.0. The Morgan fingerprint density at radius 1 is 1.47 bits per heavy atom. The van der Waals surface area contributed by atoms with Crippen molar-refractivity contribution in [3.63, 3.8) is 0 Å². The van der Waals surface area contributed by atoms with Crippen molar-refractivity contribution in [3.8, 4) is 11.8 Å². The lowest BCUT2D eigenvalue weighted by atomic mass is 10.2. The first-order valence-corrected chi connectivity index (χ1v) is 5.93. The number of ether oxygens (including phenoxy) is 1. The minimum atomic E-state index is 0.598. The molecule has 1 aromatic carbocycles. The number of hydrogen-bond donors (Lipinski definition) is 0. The van der Waals surface area contributed by atoms with Gasteiger partial charge in [-0.15, -0.1) is 0 Å². The Hall–Kier alpha value is -1.24. The normalized spacial score (nSPS) is 10.3. The van der Waals surface area contributed by atoms with Crippen LogP contribution < -0.4 is 4.74 Å². The summed E-state index contributed by atoms with van der Waals surface area (Å²) in [6, 6.07) is 7.84. The molecule has 0 amide bonds. The van der Waals surface area contributed by atoms with Crippen LogP contribution in [0.25, 0.3) is 0 Å². The molecule has 1 aromatic rings. The zero-order valence-electron chi connectivity index (χ0n) is 10.2. The number of nitrogens with zero attached hydrogens (tertiary/aromatic N) is 2. The van der Waals surface area contributed by atoms with Gasteiger partial charge in [-0.05, 0) is 37.7 Å². The summed E-state index contributed by atoms with van der Waals surface area (Å²) in [4.78, 5) is 2.16. The summed E-state index contributed by atoms with van der Waals surface area (Å²) in [5.41, 5.74) is 1.08. The fraction of sp³-hybridized carbons (Fsp3) is 0.462. The highest BCUT2D eigenvalue weighted by Crippen LogP contribution is 2.23. The van der Waals surface area contributed by atoms with E-state index in [0.29, 0.717) is 6.42 Å². The van der Waals surface area contributed by atoms with Gasteiger partial charge < -0.3 is 9.64 Å². The summed E-state index contributed by atoms with van der Waals surface area (Å²) in [5, 5.41) is 9.19. The van der Waals surface area contributed by atoms with Crippen molar-refractivity contribution < 1.29 is 4.74 Å². The second-order valence-electron chi connectivity index (χ2n) is 3.96. The molecule has 4 heteroatoms. The van der Waals surface area contributed by atoms with Crippen LogP contribution in [0.3, 0.4) is 0 Å². The van der Waals surface area contributed by atoms with Crippen molar-refractivity contribution in [1.29, 1.82) is 5.26 Å². The highest BCUT2D eigenvalue weighted by atomic mass is 35.5. The molecule has 0 heterocycles. The average molecular weight is 253 g/mol.